The van der Waals surface area contributed by atoms with E-state index in [9.17, 15) is 13.2 Å². The van der Waals surface area contributed by atoms with Gasteiger partial charge < -0.3 is 10.6 Å². The second kappa shape index (κ2) is 8.48. The highest BCUT2D eigenvalue weighted by Crippen LogP contribution is 2.20. The summed E-state index contributed by atoms with van der Waals surface area (Å²) in [5.74, 6) is -0.252. The fourth-order valence-electron chi connectivity index (χ4n) is 3.47. The third kappa shape index (κ3) is 4.93. The van der Waals surface area contributed by atoms with Gasteiger partial charge in [0.25, 0.3) is 5.91 Å². The zero-order valence-electron chi connectivity index (χ0n) is 14.3. The van der Waals surface area contributed by atoms with Crippen molar-refractivity contribution in [1.82, 2.24) is 24.7 Å². The molecule has 10 heteroatoms. The van der Waals surface area contributed by atoms with Crippen molar-refractivity contribution in [2.75, 3.05) is 32.4 Å². The van der Waals surface area contributed by atoms with Gasteiger partial charge in [-0.1, -0.05) is 0 Å². The van der Waals surface area contributed by atoms with Gasteiger partial charge in [-0.3, -0.25) is 9.48 Å². The first kappa shape index (κ1) is 20.2. The van der Waals surface area contributed by atoms with Crippen LogP contribution in [0.15, 0.2) is 12.3 Å². The lowest BCUT2D eigenvalue weighted by Gasteiger charge is -2.23. The maximum Gasteiger partial charge on any atom is 0.271 e. The average molecular weight is 392 g/mol. The van der Waals surface area contributed by atoms with Crippen LogP contribution in [0.1, 0.15) is 42.2 Å². The number of piperidine rings is 1. The van der Waals surface area contributed by atoms with Crippen LogP contribution in [-0.4, -0.2) is 66.9 Å². The molecule has 2 N–H and O–H groups in total. The van der Waals surface area contributed by atoms with Crippen molar-refractivity contribution >= 4 is 28.3 Å². The minimum absolute atomic E-state index is 0. The predicted molar refractivity (Wildman–Crippen MR) is 97.5 cm³/mol. The Balaban J connectivity index is 0.00000225. The monoisotopic (exact) mass is 391 g/mol. The lowest BCUT2D eigenvalue weighted by atomic mass is 10.1. The molecule has 0 spiro atoms. The molecular formula is C15H26ClN5O3S. The highest BCUT2D eigenvalue weighted by molar-refractivity contribution is 7.88. The third-order valence-corrected chi connectivity index (χ3v) is 6.07. The Morgan fingerprint density at radius 3 is 2.88 bits per heavy atom. The molecule has 142 valence electrons. The summed E-state index contributed by atoms with van der Waals surface area (Å²) in [4.78, 5) is 12.3. The van der Waals surface area contributed by atoms with Crippen molar-refractivity contribution in [2.24, 2.45) is 0 Å². The van der Waals surface area contributed by atoms with Crippen LogP contribution in [0.4, 0.5) is 0 Å². The molecule has 0 saturated carbocycles. The predicted octanol–water partition coefficient (Wildman–Crippen LogP) is 0.383. The van der Waals surface area contributed by atoms with Crippen LogP contribution in [-0.2, 0) is 10.0 Å². The summed E-state index contributed by atoms with van der Waals surface area (Å²) in [5.41, 5.74) is 0.379. The van der Waals surface area contributed by atoms with E-state index in [2.05, 4.69) is 15.7 Å². The summed E-state index contributed by atoms with van der Waals surface area (Å²) in [7, 11) is -3.22. The standard InChI is InChI=1S/C15H25N5O3S.ClH/c1-24(22,23)20-8-3-5-13(20)11-17-15(21)14-6-9-19(18-14)12-4-2-7-16-10-12;/h6,9,12-13,16H,2-5,7-8,10-11H2,1H3,(H,17,21);1H/t12?,13-;/m1./s1. The Hall–Kier alpha value is -1.16. The zero-order valence-corrected chi connectivity index (χ0v) is 16.0. The molecular weight excluding hydrogens is 366 g/mol. The van der Waals surface area contributed by atoms with Crippen LogP contribution in [0.5, 0.6) is 0 Å². The van der Waals surface area contributed by atoms with Gasteiger partial charge in [0.15, 0.2) is 0 Å². The van der Waals surface area contributed by atoms with Gasteiger partial charge in [-0.05, 0) is 38.3 Å². The number of sulfonamides is 1. The second-order valence-corrected chi connectivity index (χ2v) is 8.50. The van der Waals surface area contributed by atoms with Crippen LogP contribution in [0.3, 0.4) is 0 Å². The van der Waals surface area contributed by atoms with Crippen LogP contribution in [0.2, 0.25) is 0 Å². The maximum absolute atomic E-state index is 12.3. The fraction of sp³-hybridized carbons (Fsp3) is 0.733. The molecule has 25 heavy (non-hydrogen) atoms. The van der Waals surface area contributed by atoms with E-state index in [4.69, 9.17) is 0 Å². The second-order valence-electron chi connectivity index (χ2n) is 6.56. The topological polar surface area (TPSA) is 96.3 Å². The highest BCUT2D eigenvalue weighted by Gasteiger charge is 2.31. The summed E-state index contributed by atoms with van der Waals surface area (Å²) in [6.07, 6.45) is 6.82. The Morgan fingerprint density at radius 1 is 1.40 bits per heavy atom. The van der Waals surface area contributed by atoms with Gasteiger partial charge in [0.1, 0.15) is 5.69 Å². The third-order valence-electron chi connectivity index (χ3n) is 4.73. The first-order valence-electron chi connectivity index (χ1n) is 8.46. The first-order valence-corrected chi connectivity index (χ1v) is 10.3. The van der Waals surface area contributed by atoms with Gasteiger partial charge in [-0.15, -0.1) is 12.4 Å². The van der Waals surface area contributed by atoms with Crippen molar-refractivity contribution < 1.29 is 13.2 Å². The molecule has 1 aromatic rings. The molecule has 2 saturated heterocycles. The number of amides is 1. The number of halogens is 1. The zero-order chi connectivity index (χ0) is 17.2. The number of carbonyl (C=O) groups is 1. The van der Waals surface area contributed by atoms with E-state index in [1.54, 1.807) is 6.07 Å². The van der Waals surface area contributed by atoms with E-state index in [-0.39, 0.29) is 30.4 Å². The average Bonchev–Trinajstić information content (AvgIpc) is 3.22. The summed E-state index contributed by atoms with van der Waals surface area (Å²) < 4.78 is 26.8. The normalized spacial score (nSPS) is 24.7. The molecule has 1 unspecified atom stereocenters. The van der Waals surface area contributed by atoms with E-state index in [0.717, 1.165) is 38.8 Å². The highest BCUT2D eigenvalue weighted by atomic mass is 35.5. The number of hydrogen-bond acceptors (Lipinski definition) is 5. The van der Waals surface area contributed by atoms with Gasteiger partial charge in [0.05, 0.1) is 12.3 Å². The van der Waals surface area contributed by atoms with Gasteiger partial charge >= 0.3 is 0 Å². The fourth-order valence-corrected chi connectivity index (χ4v) is 4.65. The molecule has 0 aliphatic carbocycles. The van der Waals surface area contributed by atoms with Crippen molar-refractivity contribution in [3.8, 4) is 0 Å². The van der Waals surface area contributed by atoms with Crippen LogP contribution >= 0.6 is 12.4 Å². The summed E-state index contributed by atoms with van der Waals surface area (Å²) in [5, 5.41) is 10.5. The van der Waals surface area contributed by atoms with Gasteiger partial charge in [0, 0.05) is 31.9 Å². The molecule has 2 atom stereocenters. The molecule has 1 amide bonds. The van der Waals surface area contributed by atoms with E-state index < -0.39 is 10.0 Å². The van der Waals surface area contributed by atoms with E-state index in [0.29, 0.717) is 18.8 Å². The van der Waals surface area contributed by atoms with Gasteiger partial charge in [-0.2, -0.15) is 9.40 Å². The Labute approximate surface area is 154 Å². The number of nitrogens with one attached hydrogen (secondary N) is 2. The summed E-state index contributed by atoms with van der Waals surface area (Å²) in [6.45, 7) is 2.75. The van der Waals surface area contributed by atoms with Crippen molar-refractivity contribution in [1.29, 1.82) is 0 Å². The minimum atomic E-state index is -3.22. The van der Waals surface area contributed by atoms with Gasteiger partial charge in [-0.25, -0.2) is 8.42 Å². The van der Waals surface area contributed by atoms with Crippen molar-refractivity contribution in [3.63, 3.8) is 0 Å². The van der Waals surface area contributed by atoms with Crippen molar-refractivity contribution in [2.45, 2.75) is 37.8 Å². The number of hydrogen-bond donors (Lipinski definition) is 2. The Morgan fingerprint density at radius 2 is 2.20 bits per heavy atom. The largest absolute Gasteiger partial charge is 0.349 e. The number of nitrogens with zero attached hydrogens (tertiary/aromatic N) is 3. The molecule has 0 bridgehead atoms. The number of rotatable bonds is 5. The lowest BCUT2D eigenvalue weighted by Crippen LogP contribution is -2.42. The molecule has 3 rings (SSSR count). The van der Waals surface area contributed by atoms with Crippen LogP contribution in [0, 0.1) is 0 Å². The molecule has 1 aromatic heterocycles. The number of carbonyl (C=O) groups excluding carboxylic acids is 1. The van der Waals surface area contributed by atoms with Gasteiger partial charge in [0.2, 0.25) is 10.0 Å². The Bertz CT molecular complexity index is 687. The first-order chi connectivity index (χ1) is 11.4. The summed E-state index contributed by atoms with van der Waals surface area (Å²) in [6, 6.07) is 1.84. The van der Waals surface area contributed by atoms with E-state index >= 15 is 0 Å². The molecule has 0 radical (unpaired) electrons. The van der Waals surface area contributed by atoms with E-state index in [1.807, 2.05) is 10.9 Å². The van der Waals surface area contributed by atoms with Crippen LogP contribution in [0.25, 0.3) is 0 Å². The molecule has 2 aliphatic rings. The van der Waals surface area contributed by atoms with Crippen LogP contribution < -0.4 is 10.6 Å². The molecule has 2 fully saturated rings. The quantitative estimate of drug-likeness (QED) is 0.756. The SMILES string of the molecule is CS(=O)(=O)N1CCC[C@@H]1CNC(=O)c1ccn(C2CCCNC2)n1.Cl. The number of aromatic nitrogens is 2. The van der Waals surface area contributed by atoms with Crippen molar-refractivity contribution in [3.05, 3.63) is 18.0 Å². The Kier molecular flexibility index (Phi) is 6.84. The minimum Gasteiger partial charge on any atom is -0.349 e. The molecule has 3 heterocycles. The molecule has 2 aliphatic heterocycles. The smallest absolute Gasteiger partial charge is 0.271 e. The molecule has 0 aromatic carbocycles. The lowest BCUT2D eigenvalue weighted by molar-refractivity contribution is 0.0940. The maximum atomic E-state index is 12.3. The summed E-state index contributed by atoms with van der Waals surface area (Å²) >= 11 is 0. The molecule has 8 nitrogen and oxygen atoms in total. The van der Waals surface area contributed by atoms with E-state index in [1.165, 1.54) is 10.6 Å².